The van der Waals surface area contributed by atoms with E-state index in [0.29, 0.717) is 6.41 Å². The normalized spacial score (nSPS) is 12.1. The van der Waals surface area contributed by atoms with E-state index in [1.54, 1.807) is 16.8 Å². The van der Waals surface area contributed by atoms with Gasteiger partial charge in [0, 0.05) is 0 Å². The van der Waals surface area contributed by atoms with Crippen LogP contribution < -0.4 is 5.32 Å². The topological polar surface area (TPSA) is 42.0 Å². The highest BCUT2D eigenvalue weighted by Crippen LogP contribution is 2.28. The molecule has 1 aromatic carbocycles. The fourth-order valence-electron chi connectivity index (χ4n) is 1.76. The first-order valence-electron chi connectivity index (χ1n) is 5.52. The minimum absolute atomic E-state index is 0.519. The molecule has 1 aromatic heterocycles. The lowest BCUT2D eigenvalue weighted by Crippen LogP contribution is -2.21. The molecular formula is C13H13FN2OS. The Hall–Kier alpha value is -1.75. The van der Waals surface area contributed by atoms with Gasteiger partial charge in [0.05, 0.1) is 22.1 Å². The Morgan fingerprint density at radius 1 is 1.44 bits per heavy atom. The molecule has 1 atom stereocenters. The van der Waals surface area contributed by atoms with Crippen LogP contribution in [0.4, 0.5) is 4.39 Å². The van der Waals surface area contributed by atoms with E-state index < -0.39 is 12.7 Å². The summed E-state index contributed by atoms with van der Waals surface area (Å²) < 4.78 is 12.7. The molecule has 0 aliphatic rings. The van der Waals surface area contributed by atoms with Crippen LogP contribution >= 0.6 is 11.3 Å². The predicted octanol–water partition coefficient (Wildman–Crippen LogP) is 2.88. The van der Waals surface area contributed by atoms with Crippen LogP contribution in [0, 0.1) is 6.92 Å². The zero-order valence-electron chi connectivity index (χ0n) is 9.89. The molecule has 0 spiro atoms. The van der Waals surface area contributed by atoms with Crippen LogP contribution in [0.25, 0.3) is 10.4 Å². The number of nitrogens with zero attached hydrogens (tertiary/aromatic N) is 1. The number of aryl methyl sites for hydroxylation is 1. The Labute approximate surface area is 109 Å². The minimum atomic E-state index is -0.613. The first-order valence-corrected chi connectivity index (χ1v) is 6.40. The van der Waals surface area contributed by atoms with E-state index in [-0.39, 0.29) is 0 Å². The van der Waals surface area contributed by atoms with E-state index in [0.717, 1.165) is 21.7 Å². The summed E-state index contributed by atoms with van der Waals surface area (Å²) >= 11 is 1.58. The van der Waals surface area contributed by atoms with Crippen LogP contribution in [0.1, 0.15) is 17.3 Å². The molecule has 94 valence electrons. The molecule has 1 N–H and O–H groups in total. The highest BCUT2D eigenvalue weighted by molar-refractivity contribution is 7.13. The van der Waals surface area contributed by atoms with Gasteiger partial charge in [-0.25, -0.2) is 9.37 Å². The van der Waals surface area contributed by atoms with Gasteiger partial charge < -0.3 is 5.32 Å². The third kappa shape index (κ3) is 2.56. The number of nitrogens with one attached hydrogen (secondary N) is 1. The summed E-state index contributed by atoms with van der Waals surface area (Å²) in [6, 6.07) is 6.93. The highest BCUT2D eigenvalue weighted by Gasteiger charge is 2.10. The van der Waals surface area contributed by atoms with Crippen molar-refractivity contribution in [2.75, 3.05) is 6.67 Å². The van der Waals surface area contributed by atoms with Crippen LogP contribution in [-0.4, -0.2) is 18.1 Å². The molecule has 0 aliphatic heterocycles. The number of thiazole rings is 1. The molecule has 1 amide bonds. The highest BCUT2D eigenvalue weighted by atomic mass is 32.1. The fraction of sp³-hybridized carbons (Fsp3) is 0.231. The molecule has 3 nitrogen and oxygen atoms in total. The Kier molecular flexibility index (Phi) is 4.04. The fourth-order valence-corrected chi connectivity index (χ4v) is 2.57. The Bertz CT molecular complexity index is 524. The largest absolute Gasteiger partial charge is 0.349 e. The number of hydrogen-bond acceptors (Lipinski definition) is 3. The van der Waals surface area contributed by atoms with Gasteiger partial charge in [0.1, 0.15) is 6.67 Å². The third-order valence-electron chi connectivity index (χ3n) is 2.74. The summed E-state index contributed by atoms with van der Waals surface area (Å²) in [6.07, 6.45) is 0.519. The van der Waals surface area contributed by atoms with Crippen molar-refractivity contribution in [3.8, 4) is 10.4 Å². The van der Waals surface area contributed by atoms with Gasteiger partial charge >= 0.3 is 0 Å². The van der Waals surface area contributed by atoms with Crippen molar-refractivity contribution in [3.05, 3.63) is 41.0 Å². The third-order valence-corrected chi connectivity index (χ3v) is 3.72. The molecule has 1 heterocycles. The number of carbonyl (C=O) groups is 1. The number of aromatic nitrogens is 1. The summed E-state index contributed by atoms with van der Waals surface area (Å²) in [5, 5.41) is 2.45. The lowest BCUT2D eigenvalue weighted by Gasteiger charge is -2.12. The molecule has 0 saturated carbocycles. The zero-order chi connectivity index (χ0) is 13.0. The van der Waals surface area contributed by atoms with Gasteiger partial charge in [-0.2, -0.15) is 0 Å². The second kappa shape index (κ2) is 5.73. The maximum absolute atomic E-state index is 12.7. The van der Waals surface area contributed by atoms with E-state index in [2.05, 4.69) is 10.3 Å². The van der Waals surface area contributed by atoms with E-state index in [4.69, 9.17) is 0 Å². The smallest absolute Gasteiger partial charge is 0.207 e. The van der Waals surface area contributed by atoms with Crippen LogP contribution in [-0.2, 0) is 4.79 Å². The Morgan fingerprint density at radius 2 is 2.17 bits per heavy atom. The van der Waals surface area contributed by atoms with Gasteiger partial charge in [-0.1, -0.05) is 24.3 Å². The van der Waals surface area contributed by atoms with Gasteiger partial charge in [-0.05, 0) is 18.1 Å². The van der Waals surface area contributed by atoms with Gasteiger partial charge in [0.2, 0.25) is 6.41 Å². The second-order valence-electron chi connectivity index (χ2n) is 3.88. The van der Waals surface area contributed by atoms with Crippen molar-refractivity contribution in [3.63, 3.8) is 0 Å². The van der Waals surface area contributed by atoms with Crippen molar-refractivity contribution in [2.45, 2.75) is 13.0 Å². The lowest BCUT2D eigenvalue weighted by atomic mass is 10.0. The molecule has 0 fully saturated rings. The molecule has 2 aromatic rings. The Balaban J connectivity index is 2.24. The minimum Gasteiger partial charge on any atom is -0.349 e. The van der Waals surface area contributed by atoms with Gasteiger partial charge in [0.25, 0.3) is 0 Å². The van der Waals surface area contributed by atoms with E-state index >= 15 is 0 Å². The standard InChI is InChI=1S/C13H13FN2OS/c1-9-13(18-8-16-9)11-4-2-10(3-5-11)12(6-14)15-7-17/h2-5,7-8,12H,6H2,1H3,(H,15,17). The summed E-state index contributed by atoms with van der Waals surface area (Å²) in [5.41, 5.74) is 4.61. The lowest BCUT2D eigenvalue weighted by molar-refractivity contribution is -0.110. The maximum atomic E-state index is 12.7. The van der Waals surface area contributed by atoms with Crippen LogP contribution in [0.15, 0.2) is 29.8 Å². The SMILES string of the molecule is Cc1ncsc1-c1ccc(C(CF)NC=O)cc1. The first-order chi connectivity index (χ1) is 8.76. The predicted molar refractivity (Wildman–Crippen MR) is 70.2 cm³/mol. The molecule has 0 aliphatic carbocycles. The van der Waals surface area contributed by atoms with E-state index in [1.165, 1.54) is 0 Å². The second-order valence-corrected chi connectivity index (χ2v) is 4.74. The van der Waals surface area contributed by atoms with Gasteiger partial charge in [0.15, 0.2) is 0 Å². The number of amides is 1. The molecule has 2 rings (SSSR count). The number of hydrogen-bond donors (Lipinski definition) is 1. The monoisotopic (exact) mass is 264 g/mol. The molecule has 0 saturated heterocycles. The van der Waals surface area contributed by atoms with Crippen LogP contribution in [0.3, 0.4) is 0 Å². The van der Waals surface area contributed by atoms with E-state index in [1.807, 2.05) is 31.2 Å². The van der Waals surface area contributed by atoms with Gasteiger partial charge in [-0.15, -0.1) is 11.3 Å². The van der Waals surface area contributed by atoms with Crippen LogP contribution in [0.2, 0.25) is 0 Å². The average Bonchev–Trinajstić information content (AvgIpc) is 2.82. The zero-order valence-corrected chi connectivity index (χ0v) is 10.7. The summed E-state index contributed by atoms with van der Waals surface area (Å²) in [4.78, 5) is 15.7. The number of benzene rings is 1. The summed E-state index contributed by atoms with van der Waals surface area (Å²) in [6.45, 7) is 1.34. The van der Waals surface area contributed by atoms with Crippen molar-refractivity contribution in [2.24, 2.45) is 0 Å². The first kappa shape index (κ1) is 12.7. The average molecular weight is 264 g/mol. The van der Waals surface area contributed by atoms with Crippen molar-refractivity contribution in [1.29, 1.82) is 0 Å². The molecule has 0 bridgehead atoms. The molecule has 5 heteroatoms. The van der Waals surface area contributed by atoms with Crippen molar-refractivity contribution in [1.82, 2.24) is 10.3 Å². The summed E-state index contributed by atoms with van der Waals surface area (Å²) in [7, 11) is 0. The molecule has 1 unspecified atom stereocenters. The maximum Gasteiger partial charge on any atom is 0.207 e. The summed E-state index contributed by atoms with van der Waals surface area (Å²) in [5.74, 6) is 0. The molecule has 18 heavy (non-hydrogen) atoms. The van der Waals surface area contributed by atoms with Crippen LogP contribution in [0.5, 0.6) is 0 Å². The number of rotatable bonds is 5. The Morgan fingerprint density at radius 3 is 2.67 bits per heavy atom. The molecular weight excluding hydrogens is 251 g/mol. The quantitative estimate of drug-likeness (QED) is 0.844. The van der Waals surface area contributed by atoms with Crippen molar-refractivity contribution >= 4 is 17.7 Å². The number of carbonyl (C=O) groups excluding carboxylic acids is 1. The molecule has 0 radical (unpaired) electrons. The number of alkyl halides is 1. The van der Waals surface area contributed by atoms with E-state index in [9.17, 15) is 9.18 Å². The number of halogens is 1. The van der Waals surface area contributed by atoms with Gasteiger partial charge in [-0.3, -0.25) is 4.79 Å². The van der Waals surface area contributed by atoms with Crippen molar-refractivity contribution < 1.29 is 9.18 Å².